The molecule has 3 rings (SSSR count). The summed E-state index contributed by atoms with van der Waals surface area (Å²) in [7, 11) is -1.44. The van der Waals surface area contributed by atoms with Crippen molar-refractivity contribution >= 4 is 55.5 Å². The van der Waals surface area contributed by atoms with E-state index in [1.807, 2.05) is 24.3 Å². The van der Waals surface area contributed by atoms with E-state index in [2.05, 4.69) is 41.8 Å². The molecule has 4 nitrogen and oxygen atoms in total. The molecule has 1 aromatic carbocycles. The highest BCUT2D eigenvalue weighted by Gasteiger charge is 2.17. The van der Waals surface area contributed by atoms with Crippen LogP contribution in [0.3, 0.4) is 0 Å². The van der Waals surface area contributed by atoms with Crippen LogP contribution in [0.4, 0.5) is 0 Å². The molecular weight excluding hydrogens is 399 g/mol. The Morgan fingerprint density at radius 1 is 0.810 bits per heavy atom. The molecule has 7 heteroatoms. The number of pyridine rings is 2. The number of halogens is 2. The Morgan fingerprint density at radius 2 is 1.33 bits per heavy atom. The molecule has 2 aromatic heterocycles. The number of rotatable bonds is 1. The van der Waals surface area contributed by atoms with Crippen molar-refractivity contribution in [1.29, 1.82) is 0 Å². The Labute approximate surface area is 139 Å². The van der Waals surface area contributed by atoms with Gasteiger partial charge in [0.1, 0.15) is 0 Å². The molecule has 0 bridgehead atoms. The molecule has 0 unspecified atom stereocenters. The summed E-state index contributed by atoms with van der Waals surface area (Å²) < 4.78 is 1.36. The van der Waals surface area contributed by atoms with Crippen LogP contribution in [0.1, 0.15) is 0 Å². The van der Waals surface area contributed by atoms with Gasteiger partial charge in [0.25, 0.3) is 0 Å². The van der Waals surface area contributed by atoms with Gasteiger partial charge in [0.15, 0.2) is 5.65 Å². The molecule has 0 aliphatic heterocycles. The molecular formula is C14H11BBr2N2O2. The van der Waals surface area contributed by atoms with Crippen LogP contribution in [-0.4, -0.2) is 27.1 Å². The molecule has 0 spiro atoms. The van der Waals surface area contributed by atoms with Crippen molar-refractivity contribution in [3.8, 4) is 0 Å². The smallest absolute Gasteiger partial charge is 0.423 e. The van der Waals surface area contributed by atoms with Crippen molar-refractivity contribution in [2.24, 2.45) is 0 Å². The van der Waals surface area contributed by atoms with Crippen LogP contribution in [0, 0.1) is 0 Å². The highest BCUT2D eigenvalue weighted by Crippen LogP contribution is 2.14. The van der Waals surface area contributed by atoms with Crippen molar-refractivity contribution in [3.05, 3.63) is 63.8 Å². The van der Waals surface area contributed by atoms with E-state index in [1.165, 1.54) is 0 Å². The molecule has 0 saturated carbocycles. The molecule has 106 valence electrons. The average Bonchev–Trinajstić information content (AvgIpc) is 2.47. The first kappa shape index (κ1) is 16.1. The molecule has 2 heterocycles. The minimum absolute atomic E-state index is 0.451. The number of fused-ring (bicyclic) bond motifs is 1. The monoisotopic (exact) mass is 408 g/mol. The summed E-state index contributed by atoms with van der Waals surface area (Å²) >= 11 is 6.40. The van der Waals surface area contributed by atoms with Gasteiger partial charge >= 0.3 is 7.12 Å². The van der Waals surface area contributed by atoms with Crippen LogP contribution >= 0.6 is 31.9 Å². The van der Waals surface area contributed by atoms with Gasteiger partial charge in [0.2, 0.25) is 0 Å². The SMILES string of the molecule is OB(O)c1c(Br)cccc1Br.c1cnc2ncccc2c1. The highest BCUT2D eigenvalue weighted by atomic mass is 79.9. The van der Waals surface area contributed by atoms with Crippen LogP contribution in [0.5, 0.6) is 0 Å². The van der Waals surface area contributed by atoms with E-state index < -0.39 is 7.12 Å². The Morgan fingerprint density at radius 3 is 1.71 bits per heavy atom. The molecule has 0 saturated heterocycles. The van der Waals surface area contributed by atoms with Gasteiger partial charge in [0, 0.05) is 32.2 Å². The molecule has 0 fully saturated rings. The number of nitrogens with zero attached hydrogens (tertiary/aromatic N) is 2. The average molecular weight is 410 g/mol. The second kappa shape index (κ2) is 7.65. The third-order valence-electron chi connectivity index (χ3n) is 2.63. The van der Waals surface area contributed by atoms with Crippen LogP contribution in [0.25, 0.3) is 11.0 Å². The molecule has 3 aromatic rings. The van der Waals surface area contributed by atoms with Gasteiger partial charge < -0.3 is 10.0 Å². The Balaban J connectivity index is 0.000000154. The lowest BCUT2D eigenvalue weighted by molar-refractivity contribution is 0.425. The number of aromatic nitrogens is 2. The lowest BCUT2D eigenvalue weighted by Gasteiger charge is -2.04. The maximum Gasteiger partial charge on any atom is 0.490 e. The zero-order valence-corrected chi connectivity index (χ0v) is 14.0. The maximum absolute atomic E-state index is 8.88. The predicted octanol–water partition coefficient (Wildman–Crippen LogP) is 2.52. The summed E-state index contributed by atoms with van der Waals surface area (Å²) in [4.78, 5) is 8.14. The van der Waals surface area contributed by atoms with Gasteiger partial charge in [-0.05, 0) is 36.4 Å². The highest BCUT2D eigenvalue weighted by molar-refractivity contribution is 9.11. The van der Waals surface area contributed by atoms with Crippen molar-refractivity contribution in [3.63, 3.8) is 0 Å². The fourth-order valence-electron chi connectivity index (χ4n) is 1.67. The lowest BCUT2D eigenvalue weighted by Crippen LogP contribution is -2.32. The molecule has 0 aliphatic carbocycles. The first-order valence-corrected chi connectivity index (χ1v) is 7.64. The zero-order chi connectivity index (χ0) is 15.2. The largest absolute Gasteiger partial charge is 0.490 e. The minimum atomic E-state index is -1.44. The lowest BCUT2D eigenvalue weighted by atomic mass is 9.80. The topological polar surface area (TPSA) is 66.2 Å². The summed E-state index contributed by atoms with van der Waals surface area (Å²) in [5.41, 5.74) is 1.26. The molecule has 0 atom stereocenters. The van der Waals surface area contributed by atoms with E-state index in [4.69, 9.17) is 10.0 Å². The maximum atomic E-state index is 8.88. The number of hydrogen-bond donors (Lipinski definition) is 2. The fraction of sp³-hybridized carbons (Fsp3) is 0. The number of benzene rings is 1. The Hall–Kier alpha value is -1.28. The van der Waals surface area contributed by atoms with E-state index in [9.17, 15) is 0 Å². The summed E-state index contributed by atoms with van der Waals surface area (Å²) in [6.07, 6.45) is 3.49. The molecule has 0 aliphatic rings. The van der Waals surface area contributed by atoms with E-state index in [1.54, 1.807) is 30.6 Å². The van der Waals surface area contributed by atoms with Gasteiger partial charge in [-0.3, -0.25) is 0 Å². The first-order chi connectivity index (χ1) is 10.1. The van der Waals surface area contributed by atoms with E-state index in [0.717, 1.165) is 11.0 Å². The minimum Gasteiger partial charge on any atom is -0.423 e. The van der Waals surface area contributed by atoms with Crippen molar-refractivity contribution < 1.29 is 10.0 Å². The van der Waals surface area contributed by atoms with Gasteiger partial charge in [-0.2, -0.15) is 0 Å². The summed E-state index contributed by atoms with van der Waals surface area (Å²) in [5, 5.41) is 18.8. The summed E-state index contributed by atoms with van der Waals surface area (Å²) in [6, 6.07) is 13.1. The Kier molecular flexibility index (Phi) is 5.87. The van der Waals surface area contributed by atoms with Gasteiger partial charge in [-0.1, -0.05) is 37.9 Å². The van der Waals surface area contributed by atoms with E-state index in [0.29, 0.717) is 14.4 Å². The molecule has 2 N–H and O–H groups in total. The van der Waals surface area contributed by atoms with E-state index in [-0.39, 0.29) is 0 Å². The third kappa shape index (κ3) is 4.34. The third-order valence-corrected chi connectivity index (χ3v) is 4.02. The molecule has 0 radical (unpaired) electrons. The summed E-state index contributed by atoms with van der Waals surface area (Å²) in [5.74, 6) is 0. The quantitative estimate of drug-likeness (QED) is 0.606. The van der Waals surface area contributed by atoms with Gasteiger partial charge in [-0.25, -0.2) is 9.97 Å². The van der Waals surface area contributed by atoms with Crippen LogP contribution in [0.15, 0.2) is 63.8 Å². The number of hydrogen-bond acceptors (Lipinski definition) is 4. The van der Waals surface area contributed by atoms with Crippen molar-refractivity contribution in [2.75, 3.05) is 0 Å². The van der Waals surface area contributed by atoms with Crippen molar-refractivity contribution in [1.82, 2.24) is 9.97 Å². The van der Waals surface area contributed by atoms with Gasteiger partial charge in [0.05, 0.1) is 0 Å². The molecule has 0 amide bonds. The van der Waals surface area contributed by atoms with Crippen molar-refractivity contribution in [2.45, 2.75) is 0 Å². The standard InChI is InChI=1S/C8H6N2.C6H5BBr2O2/c1-3-7-4-2-6-10-8(7)9-5-1;8-4-2-1-3-5(9)6(4)7(10)11/h1-6H;1-3,10-11H. The second-order valence-corrected chi connectivity index (χ2v) is 5.77. The zero-order valence-electron chi connectivity index (χ0n) is 10.8. The first-order valence-electron chi connectivity index (χ1n) is 6.05. The van der Waals surface area contributed by atoms with Crippen LogP contribution in [0.2, 0.25) is 0 Å². The normalized spacial score (nSPS) is 9.90. The molecule has 21 heavy (non-hydrogen) atoms. The fourth-order valence-corrected chi connectivity index (χ4v) is 3.07. The van der Waals surface area contributed by atoms with Crippen LogP contribution in [-0.2, 0) is 0 Å². The second-order valence-electron chi connectivity index (χ2n) is 4.06. The van der Waals surface area contributed by atoms with Gasteiger partial charge in [-0.15, -0.1) is 0 Å². The van der Waals surface area contributed by atoms with Crippen LogP contribution < -0.4 is 5.46 Å². The summed E-state index contributed by atoms with van der Waals surface area (Å²) in [6.45, 7) is 0. The van der Waals surface area contributed by atoms with E-state index >= 15 is 0 Å². The Bertz CT molecular complexity index is 655. The predicted molar refractivity (Wildman–Crippen MR) is 91.2 cm³/mol.